The number of hydrogen-bond acceptors (Lipinski definition) is 7. The molecule has 0 spiro atoms. The highest BCUT2D eigenvalue weighted by Gasteiger charge is 2.03. The lowest BCUT2D eigenvalue weighted by atomic mass is 10.0. The van der Waals surface area contributed by atoms with Crippen LogP contribution in [0.2, 0.25) is 0 Å². The van der Waals surface area contributed by atoms with Crippen LogP contribution < -0.4 is 10.7 Å². The summed E-state index contributed by atoms with van der Waals surface area (Å²) in [6.07, 6.45) is 5.15. The maximum Gasteiger partial charge on any atom is 0.243 e. The second-order valence-corrected chi connectivity index (χ2v) is 9.91. The smallest absolute Gasteiger partial charge is 0.243 e. The SMILES string of the molecule is CCCOCC(C)CC.Cc1cc(Nc2ccc(-c3cccc(O)c3)cc2)ccc1/C=N/Nc1ncc(F)c(C)n1. The summed E-state index contributed by atoms with van der Waals surface area (Å²) < 4.78 is 18.6. The van der Waals surface area contributed by atoms with Crippen molar-refractivity contribution in [3.8, 4) is 16.9 Å². The summed E-state index contributed by atoms with van der Waals surface area (Å²) in [5.41, 5.74) is 8.85. The molecule has 0 radical (unpaired) electrons. The van der Waals surface area contributed by atoms with Gasteiger partial charge in [-0.2, -0.15) is 5.10 Å². The molecule has 1 heterocycles. The predicted octanol–water partition coefficient (Wildman–Crippen LogP) is 8.25. The van der Waals surface area contributed by atoms with Gasteiger partial charge >= 0.3 is 0 Å². The van der Waals surface area contributed by atoms with Crippen LogP contribution in [-0.2, 0) is 4.74 Å². The van der Waals surface area contributed by atoms with E-state index in [-0.39, 0.29) is 17.4 Å². The van der Waals surface area contributed by atoms with Crippen LogP contribution in [0, 0.1) is 25.6 Å². The fourth-order valence-corrected chi connectivity index (χ4v) is 3.71. The van der Waals surface area contributed by atoms with Gasteiger partial charge < -0.3 is 15.2 Å². The molecule has 1 atom stereocenters. The van der Waals surface area contributed by atoms with Crippen LogP contribution in [-0.4, -0.2) is 34.5 Å². The van der Waals surface area contributed by atoms with E-state index in [9.17, 15) is 9.50 Å². The molecular formula is C33H40FN5O2. The standard InChI is InChI=1S/C25H22FN5O.C8H18O/c1-16-12-22(11-8-20(16)14-28-31-25-27-15-24(26)17(2)29-25)30-21-9-6-18(7-10-21)19-4-3-5-23(32)13-19;1-4-6-9-7-8(3)5-2/h3-15,30,32H,1-2H3,(H,27,29,31);8H,4-7H2,1-3H3/b28-14+;. The third kappa shape index (κ3) is 10.3. The zero-order valence-electron chi connectivity index (χ0n) is 24.5. The quantitative estimate of drug-likeness (QED) is 0.0977. The van der Waals surface area contributed by atoms with Crippen molar-refractivity contribution in [3.05, 3.63) is 95.6 Å². The third-order valence-electron chi connectivity index (χ3n) is 6.36. The summed E-state index contributed by atoms with van der Waals surface area (Å²) in [6, 6.07) is 21.2. The molecule has 0 bridgehead atoms. The van der Waals surface area contributed by atoms with E-state index in [1.807, 2.05) is 61.5 Å². The van der Waals surface area contributed by atoms with E-state index in [0.29, 0.717) is 0 Å². The Kier molecular flexibility index (Phi) is 12.3. The Hall–Kier alpha value is -4.30. The molecular weight excluding hydrogens is 517 g/mol. The van der Waals surface area contributed by atoms with Gasteiger partial charge in [0.15, 0.2) is 5.82 Å². The van der Waals surface area contributed by atoms with E-state index < -0.39 is 5.82 Å². The second kappa shape index (κ2) is 16.1. The Labute approximate surface area is 242 Å². The molecule has 1 aromatic heterocycles. The molecule has 8 heteroatoms. The number of aromatic hydroxyl groups is 1. The number of nitrogens with zero attached hydrogens (tertiary/aromatic N) is 3. The molecule has 0 saturated carbocycles. The molecule has 1 unspecified atom stereocenters. The molecule has 0 fully saturated rings. The molecule has 41 heavy (non-hydrogen) atoms. The lowest BCUT2D eigenvalue weighted by Crippen LogP contribution is -2.04. The summed E-state index contributed by atoms with van der Waals surface area (Å²) in [5.74, 6) is 0.772. The number of phenolic OH excluding ortho intramolecular Hbond substituents is 1. The summed E-state index contributed by atoms with van der Waals surface area (Å²) in [5, 5.41) is 17.2. The van der Waals surface area contributed by atoms with E-state index >= 15 is 0 Å². The molecule has 0 aliphatic heterocycles. The van der Waals surface area contributed by atoms with Gasteiger partial charge in [-0.3, -0.25) is 0 Å². The number of hydrogen-bond donors (Lipinski definition) is 3. The Balaban J connectivity index is 0.000000445. The van der Waals surface area contributed by atoms with Crippen LogP contribution in [0.15, 0.2) is 78.0 Å². The highest BCUT2D eigenvalue weighted by molar-refractivity contribution is 5.83. The first-order valence-corrected chi connectivity index (χ1v) is 13.9. The maximum absolute atomic E-state index is 13.2. The normalized spacial score (nSPS) is 11.6. The lowest BCUT2D eigenvalue weighted by molar-refractivity contribution is 0.104. The molecule has 3 N–H and O–H groups in total. The highest BCUT2D eigenvalue weighted by atomic mass is 19.1. The Morgan fingerprint density at radius 3 is 2.41 bits per heavy atom. The number of phenols is 1. The van der Waals surface area contributed by atoms with Gasteiger partial charge in [0.25, 0.3) is 0 Å². The van der Waals surface area contributed by atoms with Gasteiger partial charge in [0.2, 0.25) is 5.95 Å². The molecule has 0 saturated heterocycles. The van der Waals surface area contributed by atoms with Gasteiger partial charge in [-0.15, -0.1) is 0 Å². The monoisotopic (exact) mass is 557 g/mol. The summed E-state index contributed by atoms with van der Waals surface area (Å²) in [4.78, 5) is 7.83. The third-order valence-corrected chi connectivity index (χ3v) is 6.36. The fourth-order valence-electron chi connectivity index (χ4n) is 3.71. The molecule has 3 aromatic carbocycles. The van der Waals surface area contributed by atoms with E-state index in [1.165, 1.54) is 6.42 Å². The minimum Gasteiger partial charge on any atom is -0.508 e. The number of nitrogens with one attached hydrogen (secondary N) is 2. The van der Waals surface area contributed by atoms with E-state index in [2.05, 4.69) is 46.6 Å². The van der Waals surface area contributed by atoms with Gasteiger partial charge in [0.1, 0.15) is 5.75 Å². The van der Waals surface area contributed by atoms with Gasteiger partial charge in [-0.25, -0.2) is 19.8 Å². The number of aryl methyl sites for hydroxylation is 2. The van der Waals surface area contributed by atoms with Crippen molar-refractivity contribution in [1.82, 2.24) is 9.97 Å². The zero-order valence-corrected chi connectivity index (χ0v) is 24.5. The number of hydrazone groups is 1. The van der Waals surface area contributed by atoms with Crippen LogP contribution in [0.25, 0.3) is 11.1 Å². The number of ether oxygens (including phenoxy) is 1. The first-order chi connectivity index (χ1) is 19.8. The Morgan fingerprint density at radius 2 is 1.76 bits per heavy atom. The van der Waals surface area contributed by atoms with Crippen molar-refractivity contribution in [2.75, 3.05) is 24.0 Å². The van der Waals surface area contributed by atoms with Crippen molar-refractivity contribution >= 4 is 23.5 Å². The van der Waals surface area contributed by atoms with Gasteiger partial charge in [0.05, 0.1) is 18.1 Å². The molecule has 0 amide bonds. The van der Waals surface area contributed by atoms with Gasteiger partial charge in [0, 0.05) is 24.6 Å². The average Bonchev–Trinajstić information content (AvgIpc) is 2.97. The summed E-state index contributed by atoms with van der Waals surface area (Å²) >= 11 is 0. The van der Waals surface area contributed by atoms with E-state index in [1.54, 1.807) is 25.3 Å². The zero-order chi connectivity index (χ0) is 29.6. The maximum atomic E-state index is 13.2. The molecule has 4 rings (SSSR count). The molecule has 0 aliphatic carbocycles. The number of halogens is 1. The van der Waals surface area contributed by atoms with Gasteiger partial charge in [-0.1, -0.05) is 57.5 Å². The first-order valence-electron chi connectivity index (χ1n) is 13.9. The summed E-state index contributed by atoms with van der Waals surface area (Å²) in [6.45, 7) is 12.0. The predicted molar refractivity (Wildman–Crippen MR) is 167 cm³/mol. The van der Waals surface area contributed by atoms with E-state index in [4.69, 9.17) is 4.74 Å². The van der Waals surface area contributed by atoms with Crippen LogP contribution in [0.3, 0.4) is 0 Å². The van der Waals surface area contributed by atoms with Crippen LogP contribution >= 0.6 is 0 Å². The topological polar surface area (TPSA) is 91.7 Å². The molecule has 4 aromatic rings. The number of anilines is 3. The van der Waals surface area contributed by atoms with Gasteiger partial charge in [-0.05, 0) is 84.8 Å². The van der Waals surface area contributed by atoms with Crippen LogP contribution in [0.4, 0.5) is 21.7 Å². The number of benzene rings is 3. The van der Waals surface area contributed by atoms with Crippen LogP contribution in [0.1, 0.15) is 50.4 Å². The molecule has 216 valence electrons. The second-order valence-electron chi connectivity index (χ2n) is 9.91. The van der Waals surface area contributed by atoms with Crippen molar-refractivity contribution in [2.45, 2.75) is 47.5 Å². The van der Waals surface area contributed by atoms with Crippen molar-refractivity contribution in [3.63, 3.8) is 0 Å². The van der Waals surface area contributed by atoms with Crippen molar-refractivity contribution in [1.29, 1.82) is 0 Å². The van der Waals surface area contributed by atoms with Crippen LogP contribution in [0.5, 0.6) is 5.75 Å². The van der Waals surface area contributed by atoms with E-state index in [0.717, 1.165) is 65.4 Å². The number of rotatable bonds is 11. The molecule has 7 nitrogen and oxygen atoms in total. The summed E-state index contributed by atoms with van der Waals surface area (Å²) in [7, 11) is 0. The first kappa shape index (κ1) is 31.2. The van der Waals surface area contributed by atoms with Crippen molar-refractivity contribution in [2.24, 2.45) is 11.0 Å². The average molecular weight is 558 g/mol. The lowest BCUT2D eigenvalue weighted by Gasteiger charge is -2.10. The minimum atomic E-state index is -0.451. The fraction of sp³-hybridized carbons (Fsp3) is 0.303. The minimum absolute atomic E-state index is 0.241. The molecule has 0 aliphatic rings. The number of aromatic nitrogens is 2. The Morgan fingerprint density at radius 1 is 1.00 bits per heavy atom. The van der Waals surface area contributed by atoms with Crippen molar-refractivity contribution < 1.29 is 14.2 Å². The highest BCUT2D eigenvalue weighted by Crippen LogP contribution is 2.26. The Bertz CT molecular complexity index is 1410. The largest absolute Gasteiger partial charge is 0.508 e.